The number of amides is 1. The summed E-state index contributed by atoms with van der Waals surface area (Å²) in [5.41, 5.74) is 0.238. The number of nitrogens with zero attached hydrogens (tertiary/aromatic N) is 1. The van der Waals surface area contributed by atoms with Gasteiger partial charge in [-0.25, -0.2) is 9.59 Å². The molecule has 5 N–H and O–H groups in total. The number of esters is 2. The van der Waals surface area contributed by atoms with Crippen molar-refractivity contribution in [3.63, 3.8) is 0 Å². The van der Waals surface area contributed by atoms with Crippen LogP contribution in [0.5, 0.6) is 5.75 Å². The number of carbonyl (C=O) groups is 4. The molecule has 0 radical (unpaired) electrons. The fourth-order valence-electron chi connectivity index (χ4n) is 7.59. The van der Waals surface area contributed by atoms with Crippen LogP contribution in [0.4, 0.5) is 0 Å². The fraction of sp³-hybridized carbons (Fsp3) is 0.625. The molecular weight excluding hydrogens is 588 g/mol. The van der Waals surface area contributed by atoms with Crippen LogP contribution >= 0.6 is 0 Å². The molecule has 1 aromatic rings. The van der Waals surface area contributed by atoms with Gasteiger partial charge in [-0.15, -0.1) is 0 Å². The summed E-state index contributed by atoms with van der Waals surface area (Å²) in [4.78, 5) is 51.7. The Morgan fingerprint density at radius 2 is 1.93 bits per heavy atom. The third kappa shape index (κ3) is 5.60. The lowest BCUT2D eigenvalue weighted by atomic mass is 9.52. The van der Waals surface area contributed by atoms with Gasteiger partial charge >= 0.3 is 17.9 Å². The second-order valence-corrected chi connectivity index (χ2v) is 13.1. The zero-order valence-corrected chi connectivity index (χ0v) is 25.9. The minimum atomic E-state index is -1.96. The van der Waals surface area contributed by atoms with E-state index in [1.54, 1.807) is 19.9 Å². The average molecular weight is 631 g/mol. The molecule has 13 nitrogen and oxygen atoms in total. The van der Waals surface area contributed by atoms with Crippen LogP contribution < -0.4 is 10.1 Å². The molecule has 2 aliphatic heterocycles. The number of nitrogens with one attached hydrogen (secondary N) is 1. The molecule has 1 fully saturated rings. The molecule has 5 rings (SSSR count). The summed E-state index contributed by atoms with van der Waals surface area (Å²) in [5, 5.41) is 44.6. The lowest BCUT2D eigenvalue weighted by Gasteiger charge is -2.56. The summed E-state index contributed by atoms with van der Waals surface area (Å²) in [6, 6.07) is 2.37. The Balaban J connectivity index is 1.29. The third-order valence-corrected chi connectivity index (χ3v) is 9.70. The van der Waals surface area contributed by atoms with Crippen LogP contribution in [-0.4, -0.2) is 98.7 Å². The average Bonchev–Trinajstić information content (AvgIpc) is 3.31. The molecule has 2 heterocycles. The van der Waals surface area contributed by atoms with Crippen molar-refractivity contribution in [2.75, 3.05) is 13.6 Å². The van der Waals surface area contributed by atoms with E-state index in [1.807, 2.05) is 19.2 Å². The molecule has 13 heteroatoms. The fourth-order valence-corrected chi connectivity index (χ4v) is 7.59. The largest absolute Gasteiger partial charge is 0.481 e. The van der Waals surface area contributed by atoms with Gasteiger partial charge in [0.05, 0.1) is 24.0 Å². The number of hydrogen-bond donors (Lipinski definition) is 5. The number of aliphatic hydroxyl groups excluding tert-OH is 2. The molecule has 2 bridgehead atoms. The van der Waals surface area contributed by atoms with Crippen LogP contribution in [0.1, 0.15) is 69.6 Å². The van der Waals surface area contributed by atoms with Gasteiger partial charge in [-0.1, -0.05) is 26.0 Å². The van der Waals surface area contributed by atoms with Gasteiger partial charge in [-0.05, 0) is 63.8 Å². The summed E-state index contributed by atoms with van der Waals surface area (Å²) >= 11 is 0. The van der Waals surface area contributed by atoms with Crippen molar-refractivity contribution in [2.45, 2.75) is 107 Å². The zero-order valence-electron chi connectivity index (χ0n) is 25.9. The van der Waals surface area contributed by atoms with Crippen LogP contribution in [0, 0.1) is 5.92 Å². The maximum Gasteiger partial charge on any atom is 0.336 e. The van der Waals surface area contributed by atoms with Gasteiger partial charge in [-0.3, -0.25) is 9.59 Å². The first-order valence-corrected chi connectivity index (χ1v) is 15.4. The van der Waals surface area contributed by atoms with Gasteiger partial charge in [-0.2, -0.15) is 0 Å². The van der Waals surface area contributed by atoms with Crippen LogP contribution in [0.3, 0.4) is 0 Å². The van der Waals surface area contributed by atoms with Crippen LogP contribution in [0.2, 0.25) is 0 Å². The van der Waals surface area contributed by atoms with Crippen LogP contribution in [-0.2, 0) is 47.1 Å². The van der Waals surface area contributed by atoms with E-state index in [9.17, 15) is 39.6 Å². The Hall–Kier alpha value is -3.52. The number of hydrogen-bond acceptors (Lipinski definition) is 11. The first-order valence-electron chi connectivity index (χ1n) is 15.4. The molecule has 246 valence electrons. The van der Waals surface area contributed by atoms with Crippen molar-refractivity contribution in [2.24, 2.45) is 5.92 Å². The van der Waals surface area contributed by atoms with Gasteiger partial charge < -0.3 is 44.9 Å². The predicted octanol–water partition coefficient (Wildman–Crippen LogP) is 0.688. The number of aliphatic carboxylic acids is 1. The highest BCUT2D eigenvalue weighted by Crippen LogP contribution is 2.64. The molecule has 1 spiro atoms. The minimum Gasteiger partial charge on any atom is -0.481 e. The first-order chi connectivity index (χ1) is 21.2. The predicted molar refractivity (Wildman–Crippen MR) is 157 cm³/mol. The van der Waals surface area contributed by atoms with Crippen molar-refractivity contribution < 1.29 is 53.8 Å². The highest BCUT2D eigenvalue weighted by molar-refractivity contribution is 5.89. The molecular formula is C32H42N2O11. The second kappa shape index (κ2) is 12.3. The van der Waals surface area contributed by atoms with E-state index in [-0.39, 0.29) is 37.2 Å². The first kappa shape index (κ1) is 32.9. The number of ether oxygens (including phenoxy) is 3. The Morgan fingerprint density at radius 3 is 2.60 bits per heavy atom. The third-order valence-electron chi connectivity index (χ3n) is 9.70. The lowest BCUT2D eigenvalue weighted by molar-refractivity contribution is -0.167. The number of carbonyl (C=O) groups excluding carboxylic acids is 3. The molecule has 1 aromatic carbocycles. The number of benzene rings is 1. The maximum atomic E-state index is 13.0. The summed E-state index contributed by atoms with van der Waals surface area (Å²) in [6.07, 6.45) is -1.19. The van der Waals surface area contributed by atoms with E-state index in [0.717, 1.165) is 24.1 Å². The lowest BCUT2D eigenvalue weighted by Crippen LogP contribution is -2.69. The van der Waals surface area contributed by atoms with Gasteiger partial charge in [0.1, 0.15) is 17.6 Å². The van der Waals surface area contributed by atoms with Crippen molar-refractivity contribution in [3.8, 4) is 5.75 Å². The van der Waals surface area contributed by atoms with Crippen molar-refractivity contribution in [3.05, 3.63) is 40.7 Å². The standard InChI is InChI=1S/C32H42N2O11/c1-16(2)12-20(29(39)40)33-28(38)17(3)43-30(41)21(36)14-24(37)44-22-8-10-32(42)23-13-18-6-7-19(15-35)26-25(18)31(32,27(22)45-26)9-5-11-34(23)4/h6-8,16-17,20-21,23,27,35-36,42H,5,9-15H2,1-4H3,(H,33,38)(H,39,40)/t17-,20-,21-,23+,27-,31-,32+/m0/s1. The Morgan fingerprint density at radius 1 is 1.20 bits per heavy atom. The topological polar surface area (TPSA) is 192 Å². The number of likely N-dealkylation sites (N-methyl/N-ethyl adjacent to an activating group) is 1. The van der Waals surface area contributed by atoms with E-state index in [1.165, 1.54) is 6.92 Å². The maximum absolute atomic E-state index is 13.0. The Labute approximate surface area is 261 Å². The molecule has 45 heavy (non-hydrogen) atoms. The zero-order chi connectivity index (χ0) is 32.8. The van der Waals surface area contributed by atoms with E-state index < -0.39 is 65.6 Å². The molecule has 7 atom stereocenters. The van der Waals surface area contributed by atoms with E-state index in [0.29, 0.717) is 24.2 Å². The molecule has 1 saturated heterocycles. The SMILES string of the molecule is CC(C)C[C@H](NC(=O)[C@H](C)OC(=O)[C@@H](O)CC(=O)OC1=CC[C@@]2(O)[C@H]3Cc4ccc(CO)c5c4[C@@]2(CCCN3C)[C@H]1O5)C(=O)O. The number of likely N-dealkylation sites (tertiary alicyclic amines) is 1. The molecule has 1 amide bonds. The number of carboxylic acid groups (broad SMARTS) is 1. The molecule has 4 aliphatic rings. The van der Waals surface area contributed by atoms with Crippen molar-refractivity contribution in [1.82, 2.24) is 10.2 Å². The number of aliphatic hydroxyl groups is 3. The monoisotopic (exact) mass is 630 g/mol. The number of carboxylic acids is 1. The van der Waals surface area contributed by atoms with Gasteiger partial charge in [0.2, 0.25) is 0 Å². The van der Waals surface area contributed by atoms with Crippen LogP contribution in [0.25, 0.3) is 0 Å². The molecule has 0 saturated carbocycles. The molecule has 0 aromatic heterocycles. The van der Waals surface area contributed by atoms with Gasteiger partial charge in [0.25, 0.3) is 5.91 Å². The Kier molecular flexibility index (Phi) is 9.02. The highest BCUT2D eigenvalue weighted by Gasteiger charge is 2.70. The summed E-state index contributed by atoms with van der Waals surface area (Å²) in [5.74, 6) is -3.67. The second-order valence-electron chi connectivity index (χ2n) is 13.1. The van der Waals surface area contributed by atoms with Gasteiger partial charge in [0.15, 0.2) is 18.3 Å². The summed E-state index contributed by atoms with van der Waals surface area (Å²) in [6.45, 7) is 5.31. The van der Waals surface area contributed by atoms with Crippen LogP contribution in [0.15, 0.2) is 24.0 Å². The normalized spacial score (nSPS) is 28.5. The van der Waals surface area contributed by atoms with Gasteiger partial charge in [0, 0.05) is 23.6 Å². The summed E-state index contributed by atoms with van der Waals surface area (Å²) in [7, 11) is 1.99. The number of rotatable bonds is 11. The smallest absolute Gasteiger partial charge is 0.336 e. The summed E-state index contributed by atoms with van der Waals surface area (Å²) < 4.78 is 17.2. The minimum absolute atomic E-state index is 0.0178. The van der Waals surface area contributed by atoms with E-state index in [4.69, 9.17) is 14.2 Å². The quantitative estimate of drug-likeness (QED) is 0.215. The van der Waals surface area contributed by atoms with Crippen molar-refractivity contribution in [1.29, 1.82) is 0 Å². The Bertz CT molecular complexity index is 1410. The van der Waals surface area contributed by atoms with Crippen molar-refractivity contribution >= 4 is 23.8 Å². The van der Waals surface area contributed by atoms with E-state index in [2.05, 4.69) is 10.2 Å². The van der Waals surface area contributed by atoms with E-state index >= 15 is 0 Å². The molecule has 2 aliphatic carbocycles. The highest BCUT2D eigenvalue weighted by atomic mass is 16.6. The molecule has 0 unspecified atom stereocenters.